The molecule has 0 spiro atoms. The van der Waals surface area contributed by atoms with E-state index in [2.05, 4.69) is 11.3 Å². The standard InChI is InChI=1S/C11H14N2O2/c1-2-15-11(14)10(13)7-8-3-5-9(12)6-4-8/h2-6,10H,1,7,12-13H2. The molecule has 15 heavy (non-hydrogen) atoms. The number of nitrogen functional groups attached to an aromatic ring is 1. The van der Waals surface area contributed by atoms with E-state index in [1.165, 1.54) is 0 Å². The first-order valence-electron chi connectivity index (χ1n) is 4.55. The van der Waals surface area contributed by atoms with Crippen molar-refractivity contribution in [3.63, 3.8) is 0 Å². The topological polar surface area (TPSA) is 78.3 Å². The van der Waals surface area contributed by atoms with Gasteiger partial charge in [0.2, 0.25) is 0 Å². The first-order chi connectivity index (χ1) is 7.13. The van der Waals surface area contributed by atoms with Gasteiger partial charge in [0.05, 0.1) is 6.26 Å². The summed E-state index contributed by atoms with van der Waals surface area (Å²) in [4.78, 5) is 11.2. The molecule has 4 nitrogen and oxygen atoms in total. The SMILES string of the molecule is C=COC(=O)C(N)Cc1ccc(N)cc1. The highest BCUT2D eigenvalue weighted by atomic mass is 16.5. The fourth-order valence-electron chi connectivity index (χ4n) is 1.16. The number of carbonyl (C=O) groups is 1. The van der Waals surface area contributed by atoms with Gasteiger partial charge in [-0.05, 0) is 24.1 Å². The fraction of sp³-hybridized carbons (Fsp3) is 0.182. The number of benzene rings is 1. The lowest BCUT2D eigenvalue weighted by Gasteiger charge is -2.09. The molecule has 80 valence electrons. The molecule has 0 saturated heterocycles. The third-order valence-electron chi connectivity index (χ3n) is 1.94. The van der Waals surface area contributed by atoms with E-state index < -0.39 is 12.0 Å². The van der Waals surface area contributed by atoms with E-state index in [0.717, 1.165) is 11.8 Å². The third-order valence-corrected chi connectivity index (χ3v) is 1.94. The molecule has 1 aromatic rings. The smallest absolute Gasteiger partial charge is 0.328 e. The predicted octanol–water partition coefficient (Wildman–Crippen LogP) is 0.825. The Morgan fingerprint density at radius 1 is 1.47 bits per heavy atom. The van der Waals surface area contributed by atoms with Crippen molar-refractivity contribution < 1.29 is 9.53 Å². The number of esters is 1. The van der Waals surface area contributed by atoms with Gasteiger partial charge < -0.3 is 16.2 Å². The lowest BCUT2D eigenvalue weighted by Crippen LogP contribution is -2.33. The van der Waals surface area contributed by atoms with Crippen molar-refractivity contribution in [1.82, 2.24) is 0 Å². The average Bonchev–Trinajstić information content (AvgIpc) is 2.22. The highest BCUT2D eigenvalue weighted by Gasteiger charge is 2.14. The molecule has 0 fully saturated rings. The van der Waals surface area contributed by atoms with Crippen LogP contribution >= 0.6 is 0 Å². The van der Waals surface area contributed by atoms with Gasteiger partial charge in [-0.3, -0.25) is 0 Å². The second kappa shape index (κ2) is 5.17. The molecule has 0 bridgehead atoms. The third kappa shape index (κ3) is 3.44. The van der Waals surface area contributed by atoms with Gasteiger partial charge in [-0.25, -0.2) is 4.79 Å². The fourth-order valence-corrected chi connectivity index (χ4v) is 1.16. The number of rotatable bonds is 4. The molecule has 0 aliphatic rings. The van der Waals surface area contributed by atoms with Gasteiger partial charge in [0.1, 0.15) is 6.04 Å². The lowest BCUT2D eigenvalue weighted by molar-refractivity contribution is -0.139. The summed E-state index contributed by atoms with van der Waals surface area (Å²) >= 11 is 0. The summed E-state index contributed by atoms with van der Waals surface area (Å²) in [5, 5.41) is 0. The van der Waals surface area contributed by atoms with Crippen molar-refractivity contribution in [2.75, 3.05) is 5.73 Å². The number of hydrogen-bond donors (Lipinski definition) is 2. The molecule has 1 unspecified atom stereocenters. The quantitative estimate of drug-likeness (QED) is 0.434. The van der Waals surface area contributed by atoms with Gasteiger partial charge in [-0.15, -0.1) is 0 Å². The van der Waals surface area contributed by atoms with Crippen LogP contribution in [0.4, 0.5) is 5.69 Å². The molecule has 0 aliphatic heterocycles. The maximum Gasteiger partial charge on any atom is 0.328 e. The molecule has 4 N–H and O–H groups in total. The molecular formula is C11H14N2O2. The second-order valence-corrected chi connectivity index (χ2v) is 3.16. The monoisotopic (exact) mass is 206 g/mol. The summed E-state index contributed by atoms with van der Waals surface area (Å²) in [6.07, 6.45) is 1.50. The minimum absolute atomic E-state index is 0.424. The molecule has 4 heteroatoms. The van der Waals surface area contributed by atoms with E-state index in [4.69, 9.17) is 11.5 Å². The van der Waals surface area contributed by atoms with Crippen molar-refractivity contribution in [2.45, 2.75) is 12.5 Å². The van der Waals surface area contributed by atoms with E-state index in [-0.39, 0.29) is 0 Å². The maximum absolute atomic E-state index is 11.2. The molecule has 0 saturated carbocycles. The number of hydrogen-bond acceptors (Lipinski definition) is 4. The van der Waals surface area contributed by atoms with E-state index in [1.807, 2.05) is 12.1 Å². The van der Waals surface area contributed by atoms with Crippen molar-refractivity contribution in [3.8, 4) is 0 Å². The van der Waals surface area contributed by atoms with Gasteiger partial charge >= 0.3 is 5.97 Å². The molecule has 0 amide bonds. The van der Waals surface area contributed by atoms with Crippen LogP contribution in [0.25, 0.3) is 0 Å². The highest BCUT2D eigenvalue weighted by molar-refractivity contribution is 5.76. The number of nitrogens with two attached hydrogens (primary N) is 2. The van der Waals surface area contributed by atoms with Crippen LogP contribution in [-0.2, 0) is 16.0 Å². The van der Waals surface area contributed by atoms with Gasteiger partial charge in [-0.2, -0.15) is 0 Å². The Bertz CT molecular complexity index is 346. The van der Waals surface area contributed by atoms with Gasteiger partial charge in [0.15, 0.2) is 0 Å². The van der Waals surface area contributed by atoms with E-state index in [0.29, 0.717) is 12.1 Å². The Hall–Kier alpha value is -1.81. The molecule has 1 aromatic carbocycles. The zero-order valence-electron chi connectivity index (χ0n) is 8.35. The first-order valence-corrected chi connectivity index (χ1v) is 4.55. The van der Waals surface area contributed by atoms with E-state index in [9.17, 15) is 4.79 Å². The number of ether oxygens (including phenoxy) is 1. The molecule has 0 heterocycles. The second-order valence-electron chi connectivity index (χ2n) is 3.16. The maximum atomic E-state index is 11.2. The Morgan fingerprint density at radius 2 is 2.07 bits per heavy atom. The van der Waals surface area contributed by atoms with Crippen LogP contribution < -0.4 is 11.5 Å². The summed E-state index contributed by atoms with van der Waals surface area (Å²) < 4.78 is 4.57. The van der Waals surface area contributed by atoms with Gasteiger partial charge in [0, 0.05) is 5.69 Å². The summed E-state index contributed by atoms with van der Waals surface area (Å²) in [6, 6.07) is 6.51. The number of anilines is 1. The Morgan fingerprint density at radius 3 is 2.60 bits per heavy atom. The van der Waals surface area contributed by atoms with Crippen LogP contribution in [0.15, 0.2) is 37.1 Å². The molecule has 0 aromatic heterocycles. The Kier molecular flexibility index (Phi) is 3.88. The Balaban J connectivity index is 2.57. The van der Waals surface area contributed by atoms with Crippen LogP contribution in [0.2, 0.25) is 0 Å². The van der Waals surface area contributed by atoms with Crippen LogP contribution in [0, 0.1) is 0 Å². The molecule has 0 radical (unpaired) electrons. The zero-order valence-corrected chi connectivity index (χ0v) is 8.35. The summed E-state index contributed by atoms with van der Waals surface area (Å²) in [7, 11) is 0. The minimum atomic E-state index is -0.674. The van der Waals surface area contributed by atoms with E-state index in [1.54, 1.807) is 12.1 Å². The van der Waals surface area contributed by atoms with Gasteiger partial charge in [0.25, 0.3) is 0 Å². The van der Waals surface area contributed by atoms with Crippen LogP contribution in [0.5, 0.6) is 0 Å². The zero-order chi connectivity index (χ0) is 11.3. The van der Waals surface area contributed by atoms with Crippen molar-refractivity contribution >= 4 is 11.7 Å². The molecule has 0 aliphatic carbocycles. The van der Waals surface area contributed by atoms with Crippen molar-refractivity contribution in [1.29, 1.82) is 0 Å². The minimum Gasteiger partial charge on any atom is -0.434 e. The van der Waals surface area contributed by atoms with Crippen LogP contribution in [0.3, 0.4) is 0 Å². The predicted molar refractivity (Wildman–Crippen MR) is 58.8 cm³/mol. The van der Waals surface area contributed by atoms with Crippen molar-refractivity contribution in [3.05, 3.63) is 42.7 Å². The summed E-state index contributed by atoms with van der Waals surface area (Å²) in [6.45, 7) is 3.29. The van der Waals surface area contributed by atoms with Gasteiger partial charge in [-0.1, -0.05) is 18.7 Å². The largest absolute Gasteiger partial charge is 0.434 e. The molecule has 1 atom stereocenters. The van der Waals surface area contributed by atoms with Crippen LogP contribution in [-0.4, -0.2) is 12.0 Å². The first kappa shape index (κ1) is 11.3. The number of carbonyl (C=O) groups excluding carboxylic acids is 1. The van der Waals surface area contributed by atoms with Crippen LogP contribution in [0.1, 0.15) is 5.56 Å². The van der Waals surface area contributed by atoms with Crippen molar-refractivity contribution in [2.24, 2.45) is 5.73 Å². The summed E-state index contributed by atoms with van der Waals surface area (Å²) in [5.74, 6) is -0.484. The van der Waals surface area contributed by atoms with E-state index >= 15 is 0 Å². The highest BCUT2D eigenvalue weighted by Crippen LogP contribution is 2.07. The summed E-state index contributed by atoms with van der Waals surface area (Å²) in [5.41, 5.74) is 12.8. The normalized spacial score (nSPS) is 11.8. The lowest BCUT2D eigenvalue weighted by atomic mass is 10.1. The molecular weight excluding hydrogens is 192 g/mol. The molecule has 1 rings (SSSR count). The Labute approximate surface area is 88.5 Å². The average molecular weight is 206 g/mol.